The van der Waals surface area contributed by atoms with E-state index in [0.29, 0.717) is 30.4 Å². The fourth-order valence-electron chi connectivity index (χ4n) is 3.54. The Bertz CT molecular complexity index is 1200. The minimum atomic E-state index is -4.96. The van der Waals surface area contributed by atoms with Gasteiger partial charge in [-0.1, -0.05) is 12.1 Å². The normalized spacial score (nSPS) is 13.6. The summed E-state index contributed by atoms with van der Waals surface area (Å²) in [6.45, 7) is 0.303. The van der Waals surface area contributed by atoms with E-state index in [1.54, 1.807) is 6.07 Å². The standard InChI is InChI=1S/C20H14F6N4O2/c1-30-17(18(31)28-10-5-7-27-14(9-10)19(21,22)23)15(20(24,25)26)16(29-30)12-3-2-4-13-11(12)6-8-32-13/h2-5,7,9H,6,8H2,1H3,(H,27,28,31). The van der Waals surface area contributed by atoms with Crippen molar-refractivity contribution >= 4 is 11.6 Å². The molecule has 2 aromatic heterocycles. The molecule has 6 nitrogen and oxygen atoms in total. The molecule has 1 aromatic carbocycles. The van der Waals surface area contributed by atoms with Gasteiger partial charge in [0.05, 0.1) is 6.61 Å². The van der Waals surface area contributed by atoms with Crippen molar-refractivity contribution in [3.63, 3.8) is 0 Å². The van der Waals surface area contributed by atoms with Gasteiger partial charge in [0, 0.05) is 36.5 Å². The Morgan fingerprint density at radius 3 is 2.56 bits per heavy atom. The number of halogens is 6. The summed E-state index contributed by atoms with van der Waals surface area (Å²) in [7, 11) is 1.15. The molecule has 0 spiro atoms. The minimum absolute atomic E-state index is 0.172. The van der Waals surface area contributed by atoms with Crippen molar-refractivity contribution in [3.8, 4) is 17.0 Å². The molecular formula is C20H14F6N4O2. The van der Waals surface area contributed by atoms with E-state index >= 15 is 0 Å². The second kappa shape index (κ2) is 7.53. The van der Waals surface area contributed by atoms with Crippen LogP contribution in [0.5, 0.6) is 5.75 Å². The summed E-state index contributed by atoms with van der Waals surface area (Å²) >= 11 is 0. The predicted molar refractivity (Wildman–Crippen MR) is 100 cm³/mol. The van der Waals surface area contributed by atoms with Gasteiger partial charge in [0.25, 0.3) is 5.91 Å². The largest absolute Gasteiger partial charge is 0.493 e. The van der Waals surface area contributed by atoms with Gasteiger partial charge >= 0.3 is 12.4 Å². The molecule has 1 N–H and O–H groups in total. The molecule has 0 aliphatic carbocycles. The summed E-state index contributed by atoms with van der Waals surface area (Å²) in [5, 5.41) is 6.01. The number of carbonyl (C=O) groups is 1. The van der Waals surface area contributed by atoms with Crippen LogP contribution in [0.4, 0.5) is 32.0 Å². The molecule has 4 rings (SSSR count). The van der Waals surface area contributed by atoms with E-state index in [1.807, 2.05) is 0 Å². The minimum Gasteiger partial charge on any atom is -0.493 e. The van der Waals surface area contributed by atoms with Crippen LogP contribution in [0.3, 0.4) is 0 Å². The Labute approximate surface area is 176 Å². The first-order chi connectivity index (χ1) is 15.0. The van der Waals surface area contributed by atoms with Crippen LogP contribution in [0, 0.1) is 0 Å². The van der Waals surface area contributed by atoms with E-state index in [9.17, 15) is 31.1 Å². The first kappa shape index (κ1) is 21.7. The third kappa shape index (κ3) is 3.87. The Hall–Kier alpha value is -3.57. The highest BCUT2D eigenvalue weighted by Crippen LogP contribution is 2.43. The maximum Gasteiger partial charge on any atom is 0.433 e. The zero-order valence-corrected chi connectivity index (χ0v) is 16.3. The number of hydrogen-bond acceptors (Lipinski definition) is 4. The number of hydrogen-bond donors (Lipinski definition) is 1. The SMILES string of the molecule is Cn1nc(-c2cccc3c2CCO3)c(C(F)(F)F)c1C(=O)Nc1ccnc(C(F)(F)F)c1. The second-order valence-electron chi connectivity index (χ2n) is 6.96. The van der Waals surface area contributed by atoms with E-state index < -0.39 is 40.9 Å². The fourth-order valence-corrected chi connectivity index (χ4v) is 3.54. The van der Waals surface area contributed by atoms with E-state index in [1.165, 1.54) is 12.1 Å². The summed E-state index contributed by atoms with van der Waals surface area (Å²) in [6, 6.07) is 6.16. The van der Waals surface area contributed by atoms with Crippen LogP contribution in [0.1, 0.15) is 27.3 Å². The lowest BCUT2D eigenvalue weighted by Crippen LogP contribution is -2.21. The highest BCUT2D eigenvalue weighted by molar-refractivity contribution is 6.05. The molecule has 1 aliphatic rings. The second-order valence-corrected chi connectivity index (χ2v) is 6.96. The van der Waals surface area contributed by atoms with Crippen molar-refractivity contribution in [2.75, 3.05) is 11.9 Å². The van der Waals surface area contributed by atoms with Crippen molar-refractivity contribution in [2.24, 2.45) is 7.05 Å². The number of pyridine rings is 1. The molecule has 32 heavy (non-hydrogen) atoms. The Morgan fingerprint density at radius 1 is 1.12 bits per heavy atom. The highest BCUT2D eigenvalue weighted by atomic mass is 19.4. The molecule has 3 heterocycles. The van der Waals surface area contributed by atoms with Crippen LogP contribution in [-0.2, 0) is 25.8 Å². The quantitative estimate of drug-likeness (QED) is 0.580. The monoisotopic (exact) mass is 456 g/mol. The summed E-state index contributed by atoms with van der Waals surface area (Å²) in [5.41, 5.74) is -3.54. The predicted octanol–water partition coefficient (Wildman–Crippen LogP) is 4.71. The molecule has 1 amide bonds. The summed E-state index contributed by atoms with van der Waals surface area (Å²) in [4.78, 5) is 15.9. The highest BCUT2D eigenvalue weighted by Gasteiger charge is 2.43. The molecule has 0 unspecified atom stereocenters. The maximum absolute atomic E-state index is 14.1. The van der Waals surface area contributed by atoms with Crippen molar-refractivity contribution in [1.29, 1.82) is 0 Å². The van der Waals surface area contributed by atoms with Crippen LogP contribution in [0.25, 0.3) is 11.3 Å². The molecule has 12 heteroatoms. The van der Waals surface area contributed by atoms with E-state index in [-0.39, 0.29) is 11.3 Å². The summed E-state index contributed by atoms with van der Waals surface area (Å²) < 4.78 is 86.9. The number of rotatable bonds is 3. The van der Waals surface area contributed by atoms with Crippen LogP contribution >= 0.6 is 0 Å². The zero-order valence-electron chi connectivity index (χ0n) is 16.3. The third-order valence-corrected chi connectivity index (χ3v) is 4.85. The fraction of sp³-hybridized carbons (Fsp3) is 0.250. The lowest BCUT2D eigenvalue weighted by molar-refractivity contribution is -0.141. The number of carbonyl (C=O) groups excluding carboxylic acids is 1. The lowest BCUT2D eigenvalue weighted by atomic mass is 9.98. The molecule has 0 radical (unpaired) electrons. The molecule has 0 saturated carbocycles. The summed E-state index contributed by atoms with van der Waals surface area (Å²) in [6.07, 6.45) is -8.58. The van der Waals surface area contributed by atoms with Gasteiger partial charge in [-0.2, -0.15) is 31.4 Å². The van der Waals surface area contributed by atoms with Crippen LogP contribution in [0.2, 0.25) is 0 Å². The molecule has 0 saturated heterocycles. The molecule has 0 bridgehead atoms. The van der Waals surface area contributed by atoms with Gasteiger partial charge in [0.1, 0.15) is 28.4 Å². The van der Waals surface area contributed by atoms with Gasteiger partial charge < -0.3 is 10.1 Å². The Balaban J connectivity index is 1.79. The average molecular weight is 456 g/mol. The molecule has 3 aromatic rings. The number of nitrogens with one attached hydrogen (secondary N) is 1. The number of aromatic nitrogens is 3. The van der Waals surface area contributed by atoms with E-state index in [2.05, 4.69) is 15.4 Å². The van der Waals surface area contributed by atoms with Crippen molar-refractivity contribution < 1.29 is 35.9 Å². The molecule has 1 aliphatic heterocycles. The van der Waals surface area contributed by atoms with Gasteiger partial charge in [0.15, 0.2) is 0 Å². The van der Waals surface area contributed by atoms with Gasteiger partial charge in [-0.3, -0.25) is 14.5 Å². The molecule has 0 fully saturated rings. The topological polar surface area (TPSA) is 69.0 Å². The van der Waals surface area contributed by atoms with Crippen molar-refractivity contribution in [3.05, 3.63) is 59.0 Å². The number of aryl methyl sites for hydroxylation is 1. The number of anilines is 1. The first-order valence-electron chi connectivity index (χ1n) is 9.20. The lowest BCUT2D eigenvalue weighted by Gasteiger charge is -2.13. The number of alkyl halides is 6. The Morgan fingerprint density at radius 2 is 1.88 bits per heavy atom. The molecule has 168 valence electrons. The smallest absolute Gasteiger partial charge is 0.433 e. The number of ether oxygens (including phenoxy) is 1. The number of amides is 1. The zero-order chi connectivity index (χ0) is 23.3. The van der Waals surface area contributed by atoms with Crippen molar-refractivity contribution in [2.45, 2.75) is 18.8 Å². The first-order valence-corrected chi connectivity index (χ1v) is 9.20. The van der Waals surface area contributed by atoms with Crippen LogP contribution < -0.4 is 10.1 Å². The van der Waals surface area contributed by atoms with Gasteiger partial charge in [0.2, 0.25) is 0 Å². The van der Waals surface area contributed by atoms with Gasteiger partial charge in [-0.05, 0) is 18.2 Å². The van der Waals surface area contributed by atoms with Crippen molar-refractivity contribution in [1.82, 2.24) is 14.8 Å². The maximum atomic E-state index is 14.1. The van der Waals surface area contributed by atoms with E-state index in [4.69, 9.17) is 4.74 Å². The average Bonchev–Trinajstić information content (AvgIpc) is 3.31. The van der Waals surface area contributed by atoms with Gasteiger partial charge in [-0.25, -0.2) is 0 Å². The van der Waals surface area contributed by atoms with Crippen LogP contribution in [-0.4, -0.2) is 27.3 Å². The Kier molecular flexibility index (Phi) is 5.10. The molecular weight excluding hydrogens is 442 g/mol. The molecule has 0 atom stereocenters. The number of fused-ring (bicyclic) bond motifs is 1. The third-order valence-electron chi connectivity index (χ3n) is 4.85. The number of nitrogens with zero attached hydrogens (tertiary/aromatic N) is 3. The van der Waals surface area contributed by atoms with Gasteiger partial charge in [-0.15, -0.1) is 0 Å². The number of benzene rings is 1. The summed E-state index contributed by atoms with van der Waals surface area (Å²) in [5.74, 6) is -0.828. The van der Waals surface area contributed by atoms with E-state index in [0.717, 1.165) is 24.0 Å². The van der Waals surface area contributed by atoms with Crippen LogP contribution in [0.15, 0.2) is 36.5 Å².